The van der Waals surface area contributed by atoms with Crippen molar-refractivity contribution in [1.82, 2.24) is 15.3 Å². The Hall–Kier alpha value is -3.22. The van der Waals surface area contributed by atoms with Gasteiger partial charge in [-0.25, -0.2) is 4.98 Å². The molecule has 0 unspecified atom stereocenters. The monoisotopic (exact) mass is 371 g/mol. The number of pyridine rings is 2. The Morgan fingerprint density at radius 2 is 2.04 bits per heavy atom. The number of amides is 1. The van der Waals surface area contributed by atoms with Crippen molar-refractivity contribution in [3.63, 3.8) is 0 Å². The Morgan fingerprint density at radius 1 is 1.26 bits per heavy atom. The van der Waals surface area contributed by atoms with Gasteiger partial charge in [0.2, 0.25) is 0 Å². The summed E-state index contributed by atoms with van der Waals surface area (Å²) in [6.07, 6.45) is -1.66. The maximum Gasteiger partial charge on any atom is 0.418 e. The molecule has 0 bridgehead atoms. The zero-order chi connectivity index (χ0) is 19.6. The van der Waals surface area contributed by atoms with Gasteiger partial charge < -0.3 is 5.32 Å². The van der Waals surface area contributed by atoms with Crippen molar-refractivity contribution in [3.8, 4) is 0 Å². The number of aryl methyl sites for hydroxylation is 1. The van der Waals surface area contributed by atoms with Crippen molar-refractivity contribution >= 4 is 22.9 Å². The highest BCUT2D eigenvalue weighted by Crippen LogP contribution is 2.36. The molecule has 27 heavy (non-hydrogen) atoms. The minimum Gasteiger partial charge on any atom is -0.345 e. The number of fused-ring (bicyclic) bond motifs is 1. The quantitative estimate of drug-likeness (QED) is 0.733. The number of nitrogens with zero attached hydrogens (tertiary/aromatic N) is 2. The molecule has 4 nitrogen and oxygen atoms in total. The number of hydrogen-bond acceptors (Lipinski definition) is 3. The second-order valence-corrected chi connectivity index (χ2v) is 5.99. The fourth-order valence-electron chi connectivity index (χ4n) is 2.73. The van der Waals surface area contributed by atoms with E-state index in [1.165, 1.54) is 12.1 Å². The van der Waals surface area contributed by atoms with Crippen molar-refractivity contribution in [2.45, 2.75) is 19.6 Å². The first-order valence-electron chi connectivity index (χ1n) is 8.12. The lowest BCUT2D eigenvalue weighted by molar-refractivity contribution is -0.136. The number of aromatic nitrogens is 2. The van der Waals surface area contributed by atoms with E-state index in [0.717, 1.165) is 6.07 Å². The molecule has 1 aromatic carbocycles. The standard InChI is InChI=1S/C20H16F3N3O/c1-3-13-9-15-12(2)8-17(26-18(15)16(10-13)20(21,22)23)19(27)25-11-14-6-4-5-7-24-14/h3-10H,1,11H2,2H3,(H,25,27). The molecule has 0 saturated heterocycles. The van der Waals surface area contributed by atoms with Gasteiger partial charge in [0.1, 0.15) is 5.69 Å². The van der Waals surface area contributed by atoms with Crippen molar-refractivity contribution in [1.29, 1.82) is 0 Å². The Morgan fingerprint density at radius 3 is 2.67 bits per heavy atom. The lowest BCUT2D eigenvalue weighted by Crippen LogP contribution is -2.24. The molecule has 2 heterocycles. The molecule has 0 aliphatic rings. The number of halogens is 3. The fraction of sp³-hybridized carbons (Fsp3) is 0.150. The third-order valence-electron chi connectivity index (χ3n) is 4.07. The summed E-state index contributed by atoms with van der Waals surface area (Å²) < 4.78 is 40.5. The van der Waals surface area contributed by atoms with Gasteiger partial charge in [-0.1, -0.05) is 18.7 Å². The molecule has 0 saturated carbocycles. The Kier molecular flexibility index (Phi) is 4.94. The summed E-state index contributed by atoms with van der Waals surface area (Å²) in [5, 5.41) is 2.96. The SMILES string of the molecule is C=Cc1cc(C(F)(F)F)c2nc(C(=O)NCc3ccccn3)cc(C)c2c1. The second kappa shape index (κ2) is 7.19. The first-order chi connectivity index (χ1) is 12.8. The van der Waals surface area contributed by atoms with E-state index in [0.29, 0.717) is 22.2 Å². The molecule has 138 valence electrons. The number of benzene rings is 1. The van der Waals surface area contributed by atoms with Gasteiger partial charge in [-0.05, 0) is 48.4 Å². The number of alkyl halides is 3. The zero-order valence-electron chi connectivity index (χ0n) is 14.5. The molecule has 3 rings (SSSR count). The molecule has 0 atom stereocenters. The fourth-order valence-corrected chi connectivity index (χ4v) is 2.73. The third-order valence-corrected chi connectivity index (χ3v) is 4.07. The number of rotatable bonds is 4. The molecule has 0 aliphatic carbocycles. The smallest absolute Gasteiger partial charge is 0.345 e. The zero-order valence-corrected chi connectivity index (χ0v) is 14.5. The Labute approximate surface area is 153 Å². The molecule has 0 radical (unpaired) electrons. The molecule has 1 N–H and O–H groups in total. The minimum atomic E-state index is -4.60. The maximum atomic E-state index is 13.5. The van der Waals surface area contributed by atoms with Gasteiger partial charge in [0.25, 0.3) is 5.91 Å². The molecule has 0 spiro atoms. The average molecular weight is 371 g/mol. The molecular formula is C20H16F3N3O. The van der Waals surface area contributed by atoms with Gasteiger partial charge >= 0.3 is 6.18 Å². The average Bonchev–Trinajstić information content (AvgIpc) is 2.65. The second-order valence-electron chi connectivity index (χ2n) is 5.99. The molecule has 0 fully saturated rings. The van der Waals surface area contributed by atoms with E-state index in [4.69, 9.17) is 0 Å². The van der Waals surface area contributed by atoms with E-state index in [-0.39, 0.29) is 17.8 Å². The van der Waals surface area contributed by atoms with E-state index < -0.39 is 17.6 Å². The summed E-state index contributed by atoms with van der Waals surface area (Å²) in [7, 11) is 0. The molecular weight excluding hydrogens is 355 g/mol. The van der Waals surface area contributed by atoms with Crippen LogP contribution >= 0.6 is 0 Å². The molecule has 2 aromatic heterocycles. The van der Waals surface area contributed by atoms with E-state index in [1.54, 1.807) is 37.4 Å². The van der Waals surface area contributed by atoms with Crippen molar-refractivity contribution in [2.75, 3.05) is 0 Å². The van der Waals surface area contributed by atoms with Crippen LogP contribution < -0.4 is 5.32 Å². The summed E-state index contributed by atoms with van der Waals surface area (Å²) in [5.74, 6) is -0.563. The van der Waals surface area contributed by atoms with Crippen molar-refractivity contribution < 1.29 is 18.0 Å². The van der Waals surface area contributed by atoms with Crippen LogP contribution in [-0.4, -0.2) is 15.9 Å². The Balaban J connectivity index is 2.02. The van der Waals surface area contributed by atoms with E-state index in [2.05, 4.69) is 21.9 Å². The van der Waals surface area contributed by atoms with Gasteiger partial charge in [0.05, 0.1) is 23.3 Å². The number of hydrogen-bond donors (Lipinski definition) is 1. The summed E-state index contributed by atoms with van der Waals surface area (Å²) in [6, 6.07) is 9.29. The van der Waals surface area contributed by atoms with Crippen molar-refractivity contribution in [3.05, 3.63) is 77.3 Å². The molecule has 3 aromatic rings. The number of carbonyl (C=O) groups excluding carboxylic acids is 1. The third kappa shape index (κ3) is 3.97. The van der Waals surface area contributed by atoms with E-state index in [1.807, 2.05) is 0 Å². The van der Waals surface area contributed by atoms with Crippen LogP contribution in [0.15, 0.2) is 49.2 Å². The van der Waals surface area contributed by atoms with Gasteiger partial charge in [0.15, 0.2) is 0 Å². The first kappa shape index (κ1) is 18.6. The maximum absolute atomic E-state index is 13.5. The topological polar surface area (TPSA) is 54.9 Å². The highest BCUT2D eigenvalue weighted by atomic mass is 19.4. The first-order valence-corrected chi connectivity index (χ1v) is 8.12. The predicted molar refractivity (Wildman–Crippen MR) is 97.0 cm³/mol. The van der Waals surface area contributed by atoms with Crippen molar-refractivity contribution in [2.24, 2.45) is 0 Å². The summed E-state index contributed by atoms with van der Waals surface area (Å²) in [4.78, 5) is 20.5. The van der Waals surface area contributed by atoms with Crippen LogP contribution in [0.25, 0.3) is 17.0 Å². The van der Waals surface area contributed by atoms with Gasteiger partial charge in [-0.2, -0.15) is 13.2 Å². The largest absolute Gasteiger partial charge is 0.418 e. The number of carbonyl (C=O) groups is 1. The van der Waals surface area contributed by atoms with Crippen LogP contribution in [0.1, 0.15) is 32.9 Å². The van der Waals surface area contributed by atoms with Crippen LogP contribution in [0.4, 0.5) is 13.2 Å². The van der Waals surface area contributed by atoms with Crippen LogP contribution in [-0.2, 0) is 12.7 Å². The Bertz CT molecular complexity index is 1010. The van der Waals surface area contributed by atoms with Gasteiger partial charge in [0, 0.05) is 11.6 Å². The summed E-state index contributed by atoms with van der Waals surface area (Å²) >= 11 is 0. The number of nitrogens with one attached hydrogen (secondary N) is 1. The lowest BCUT2D eigenvalue weighted by Gasteiger charge is -2.14. The summed E-state index contributed by atoms with van der Waals surface area (Å²) in [5.41, 5.74) is 0.278. The highest BCUT2D eigenvalue weighted by Gasteiger charge is 2.34. The molecule has 1 amide bonds. The minimum absolute atomic E-state index is 0.0761. The van der Waals surface area contributed by atoms with E-state index in [9.17, 15) is 18.0 Å². The normalized spacial score (nSPS) is 11.4. The van der Waals surface area contributed by atoms with Crippen LogP contribution in [0.2, 0.25) is 0 Å². The highest BCUT2D eigenvalue weighted by molar-refractivity contribution is 5.97. The van der Waals surface area contributed by atoms with E-state index >= 15 is 0 Å². The van der Waals surface area contributed by atoms with Gasteiger partial charge in [-0.3, -0.25) is 9.78 Å². The molecule has 0 aliphatic heterocycles. The van der Waals surface area contributed by atoms with Crippen LogP contribution in [0.3, 0.4) is 0 Å². The lowest BCUT2D eigenvalue weighted by atomic mass is 10.0. The molecule has 7 heteroatoms. The van der Waals surface area contributed by atoms with Crippen LogP contribution in [0, 0.1) is 6.92 Å². The summed E-state index contributed by atoms with van der Waals surface area (Å²) in [6.45, 7) is 5.33. The predicted octanol–water partition coefficient (Wildman–Crippen LogP) is 4.53. The van der Waals surface area contributed by atoms with Crippen LogP contribution in [0.5, 0.6) is 0 Å². The van der Waals surface area contributed by atoms with Gasteiger partial charge in [-0.15, -0.1) is 0 Å².